The van der Waals surface area contributed by atoms with Crippen molar-refractivity contribution in [3.8, 4) is 5.75 Å². The lowest BCUT2D eigenvalue weighted by Gasteiger charge is -2.28. The van der Waals surface area contributed by atoms with E-state index >= 15 is 0 Å². The van der Waals surface area contributed by atoms with Gasteiger partial charge in [0, 0.05) is 6.42 Å². The molecule has 2 N–H and O–H groups in total. The first kappa shape index (κ1) is 22.6. The van der Waals surface area contributed by atoms with Crippen molar-refractivity contribution < 1.29 is 14.3 Å². The van der Waals surface area contributed by atoms with E-state index in [0.29, 0.717) is 18.6 Å². The maximum atomic E-state index is 12.5. The van der Waals surface area contributed by atoms with Gasteiger partial charge in [0.15, 0.2) is 6.23 Å². The van der Waals surface area contributed by atoms with Crippen LogP contribution in [-0.4, -0.2) is 18.8 Å². The molecule has 3 aromatic rings. The topological polar surface area (TPSA) is 61.6 Å². The Morgan fingerprint density at radius 1 is 0.903 bits per heavy atom. The Kier molecular flexibility index (Phi) is 8.25. The van der Waals surface area contributed by atoms with Crippen molar-refractivity contribution in [1.82, 2.24) is 0 Å². The fraction of sp³-hybridized carbons (Fsp3) is 0.296. The molecule has 0 aliphatic rings. The number of hydrogen-bond donors (Lipinski definition) is 1. The standard InChI is InChI=1S/C27H31NO3/c1-3-18-30-25-17-11-10-16-23(25)20(2)24(21-12-6-4-7-13-21)19-26(28)31-27(29)22-14-8-5-9-15-22/h4-17,20,24,26H,3,18-19,28H2,1-2H3. The highest BCUT2D eigenvalue weighted by molar-refractivity contribution is 5.89. The molecule has 0 heterocycles. The maximum Gasteiger partial charge on any atom is 0.339 e. The minimum Gasteiger partial charge on any atom is -0.493 e. The number of ether oxygens (including phenoxy) is 2. The third-order valence-electron chi connectivity index (χ3n) is 5.46. The van der Waals surface area contributed by atoms with Gasteiger partial charge in [0.1, 0.15) is 5.75 Å². The first-order chi connectivity index (χ1) is 15.1. The molecule has 3 rings (SSSR count). The third kappa shape index (κ3) is 6.19. The quantitative estimate of drug-likeness (QED) is 0.330. The highest BCUT2D eigenvalue weighted by Gasteiger charge is 2.27. The summed E-state index contributed by atoms with van der Waals surface area (Å²) in [5, 5.41) is 0. The van der Waals surface area contributed by atoms with Crippen LogP contribution in [-0.2, 0) is 4.74 Å². The Morgan fingerprint density at radius 3 is 2.19 bits per heavy atom. The van der Waals surface area contributed by atoms with E-state index in [2.05, 4.69) is 32.0 Å². The summed E-state index contributed by atoms with van der Waals surface area (Å²) >= 11 is 0. The van der Waals surface area contributed by atoms with Gasteiger partial charge in [-0.1, -0.05) is 80.6 Å². The number of carbonyl (C=O) groups is 1. The molecule has 31 heavy (non-hydrogen) atoms. The maximum absolute atomic E-state index is 12.5. The predicted molar refractivity (Wildman–Crippen MR) is 124 cm³/mol. The molecule has 3 atom stereocenters. The molecule has 4 nitrogen and oxygen atoms in total. The van der Waals surface area contributed by atoms with E-state index < -0.39 is 12.2 Å². The third-order valence-corrected chi connectivity index (χ3v) is 5.46. The zero-order valence-electron chi connectivity index (χ0n) is 18.2. The summed E-state index contributed by atoms with van der Waals surface area (Å²) in [7, 11) is 0. The zero-order valence-corrected chi connectivity index (χ0v) is 18.2. The number of nitrogens with two attached hydrogens (primary N) is 1. The molecule has 0 saturated heterocycles. The van der Waals surface area contributed by atoms with Gasteiger partial charge in [0.05, 0.1) is 12.2 Å². The Morgan fingerprint density at radius 2 is 1.52 bits per heavy atom. The van der Waals surface area contributed by atoms with Crippen LogP contribution in [0.15, 0.2) is 84.9 Å². The lowest BCUT2D eigenvalue weighted by Crippen LogP contribution is -2.30. The lowest BCUT2D eigenvalue weighted by molar-refractivity contribution is 0.0275. The molecule has 0 spiro atoms. The SMILES string of the molecule is CCCOc1ccccc1C(C)C(CC(N)OC(=O)c1ccccc1)c1ccccc1. The number of esters is 1. The summed E-state index contributed by atoms with van der Waals surface area (Å²) in [6.45, 7) is 4.95. The van der Waals surface area contributed by atoms with Crippen molar-refractivity contribution in [3.05, 3.63) is 102 Å². The molecule has 0 amide bonds. The molecule has 3 unspecified atom stereocenters. The normalized spacial score (nSPS) is 13.8. The Balaban J connectivity index is 1.81. The molecule has 0 aliphatic heterocycles. The summed E-state index contributed by atoms with van der Waals surface area (Å²) in [6, 6.07) is 27.3. The fourth-order valence-corrected chi connectivity index (χ4v) is 3.82. The molecule has 0 radical (unpaired) electrons. The first-order valence-corrected chi connectivity index (χ1v) is 10.9. The van der Waals surface area contributed by atoms with Gasteiger partial charge < -0.3 is 9.47 Å². The molecule has 0 saturated carbocycles. The van der Waals surface area contributed by atoms with Gasteiger partial charge in [-0.15, -0.1) is 0 Å². The number of benzene rings is 3. The minimum atomic E-state index is -0.718. The van der Waals surface area contributed by atoms with Gasteiger partial charge in [-0.2, -0.15) is 0 Å². The molecule has 0 aromatic heterocycles. The van der Waals surface area contributed by atoms with E-state index in [9.17, 15) is 4.79 Å². The van der Waals surface area contributed by atoms with E-state index in [0.717, 1.165) is 23.3 Å². The van der Waals surface area contributed by atoms with E-state index in [4.69, 9.17) is 15.2 Å². The number of para-hydroxylation sites is 1. The van der Waals surface area contributed by atoms with Gasteiger partial charge in [-0.3, -0.25) is 5.73 Å². The molecule has 0 bridgehead atoms. The van der Waals surface area contributed by atoms with Crippen molar-refractivity contribution in [3.63, 3.8) is 0 Å². The average Bonchev–Trinajstić information content (AvgIpc) is 2.82. The second-order valence-electron chi connectivity index (χ2n) is 7.74. The van der Waals surface area contributed by atoms with Crippen LogP contribution in [0.4, 0.5) is 0 Å². The lowest BCUT2D eigenvalue weighted by atomic mass is 9.80. The molecular formula is C27H31NO3. The summed E-state index contributed by atoms with van der Waals surface area (Å²) in [5.74, 6) is 0.676. The van der Waals surface area contributed by atoms with E-state index in [1.54, 1.807) is 12.1 Å². The van der Waals surface area contributed by atoms with Gasteiger partial charge in [-0.25, -0.2) is 4.79 Å². The summed E-state index contributed by atoms with van der Waals surface area (Å²) in [6.07, 6.45) is 0.737. The largest absolute Gasteiger partial charge is 0.493 e. The second-order valence-corrected chi connectivity index (χ2v) is 7.74. The number of hydrogen-bond acceptors (Lipinski definition) is 4. The Hall–Kier alpha value is -3.11. The number of rotatable bonds is 10. The highest BCUT2D eigenvalue weighted by Crippen LogP contribution is 2.40. The summed E-state index contributed by atoms with van der Waals surface area (Å²) in [4.78, 5) is 12.5. The van der Waals surface area contributed by atoms with Crippen LogP contribution in [0.2, 0.25) is 0 Å². The van der Waals surface area contributed by atoms with Crippen molar-refractivity contribution in [2.45, 2.75) is 44.8 Å². The van der Waals surface area contributed by atoms with Crippen molar-refractivity contribution in [2.24, 2.45) is 5.73 Å². The molecule has 3 aromatic carbocycles. The Labute approximate surface area is 185 Å². The van der Waals surface area contributed by atoms with Crippen LogP contribution in [0.3, 0.4) is 0 Å². The average molecular weight is 418 g/mol. The van der Waals surface area contributed by atoms with Crippen LogP contribution in [0.1, 0.15) is 60.0 Å². The number of carbonyl (C=O) groups excluding carboxylic acids is 1. The van der Waals surface area contributed by atoms with E-state index in [1.165, 1.54) is 0 Å². The summed E-state index contributed by atoms with van der Waals surface area (Å²) < 4.78 is 11.6. The summed E-state index contributed by atoms with van der Waals surface area (Å²) in [5.41, 5.74) is 9.10. The molecule has 4 heteroatoms. The molecule has 162 valence electrons. The fourth-order valence-electron chi connectivity index (χ4n) is 3.82. The second kappa shape index (κ2) is 11.3. The smallest absolute Gasteiger partial charge is 0.339 e. The van der Waals surface area contributed by atoms with Crippen LogP contribution < -0.4 is 10.5 Å². The highest BCUT2D eigenvalue weighted by atomic mass is 16.6. The van der Waals surface area contributed by atoms with E-state index in [-0.39, 0.29) is 11.8 Å². The van der Waals surface area contributed by atoms with Gasteiger partial charge >= 0.3 is 5.97 Å². The van der Waals surface area contributed by atoms with Crippen LogP contribution in [0.25, 0.3) is 0 Å². The monoisotopic (exact) mass is 417 g/mol. The van der Waals surface area contributed by atoms with Crippen molar-refractivity contribution >= 4 is 5.97 Å². The van der Waals surface area contributed by atoms with Gasteiger partial charge in [0.25, 0.3) is 0 Å². The molecule has 0 fully saturated rings. The molecular weight excluding hydrogens is 386 g/mol. The van der Waals surface area contributed by atoms with Gasteiger partial charge in [0.2, 0.25) is 0 Å². The first-order valence-electron chi connectivity index (χ1n) is 10.9. The predicted octanol–water partition coefficient (Wildman–Crippen LogP) is 5.89. The van der Waals surface area contributed by atoms with Gasteiger partial charge in [-0.05, 0) is 47.6 Å². The van der Waals surface area contributed by atoms with Crippen molar-refractivity contribution in [1.29, 1.82) is 0 Å². The Bertz CT molecular complexity index is 943. The van der Waals surface area contributed by atoms with Crippen LogP contribution in [0, 0.1) is 0 Å². The van der Waals surface area contributed by atoms with Crippen LogP contribution >= 0.6 is 0 Å². The zero-order chi connectivity index (χ0) is 22.1. The molecule has 0 aliphatic carbocycles. The van der Waals surface area contributed by atoms with Crippen molar-refractivity contribution in [2.75, 3.05) is 6.61 Å². The minimum absolute atomic E-state index is 0.0612. The van der Waals surface area contributed by atoms with E-state index in [1.807, 2.05) is 54.6 Å². The van der Waals surface area contributed by atoms with Crippen LogP contribution in [0.5, 0.6) is 5.75 Å².